The maximum Gasteiger partial charge on any atom is 0.335 e. The van der Waals surface area contributed by atoms with Gasteiger partial charge in [-0.25, -0.2) is 4.79 Å². The summed E-state index contributed by atoms with van der Waals surface area (Å²) in [5.74, 6) is -0.0000856. The van der Waals surface area contributed by atoms with Crippen LogP contribution in [-0.4, -0.2) is 27.5 Å². The van der Waals surface area contributed by atoms with E-state index in [0.717, 1.165) is 5.56 Å². The number of rotatable bonds is 3. The van der Waals surface area contributed by atoms with Crippen molar-refractivity contribution in [1.29, 1.82) is 0 Å². The van der Waals surface area contributed by atoms with Crippen molar-refractivity contribution in [3.8, 4) is 5.75 Å². The Hall–Kier alpha value is -4.20. The average Bonchev–Trinajstić information content (AvgIpc) is 2.79. The van der Waals surface area contributed by atoms with E-state index >= 15 is 0 Å². The summed E-state index contributed by atoms with van der Waals surface area (Å²) in [6.07, 6.45) is 0.352. The lowest BCUT2D eigenvalue weighted by Gasteiger charge is -2.53. The van der Waals surface area contributed by atoms with Crippen molar-refractivity contribution in [2.24, 2.45) is 0 Å². The van der Waals surface area contributed by atoms with Gasteiger partial charge in [0.25, 0.3) is 11.6 Å². The van der Waals surface area contributed by atoms with E-state index < -0.39 is 28.6 Å². The van der Waals surface area contributed by atoms with Crippen molar-refractivity contribution in [2.45, 2.75) is 25.1 Å². The Morgan fingerprint density at radius 3 is 2.53 bits per heavy atom. The number of nitrogens with zero attached hydrogens (tertiary/aromatic N) is 3. The van der Waals surface area contributed by atoms with Gasteiger partial charge in [0.15, 0.2) is 5.72 Å². The van der Waals surface area contributed by atoms with Crippen LogP contribution in [0.1, 0.15) is 35.3 Å². The number of amides is 3. The number of nitro benzene ring substituents is 1. The van der Waals surface area contributed by atoms with E-state index in [2.05, 4.69) is 0 Å². The highest BCUT2D eigenvalue weighted by molar-refractivity contribution is 6.10. The molecule has 2 bridgehead atoms. The zero-order chi connectivity index (χ0) is 22.5. The van der Waals surface area contributed by atoms with E-state index in [1.807, 2.05) is 49.4 Å². The molecule has 8 nitrogen and oxygen atoms in total. The van der Waals surface area contributed by atoms with Crippen molar-refractivity contribution in [3.63, 3.8) is 0 Å². The van der Waals surface area contributed by atoms with Crippen LogP contribution in [0.25, 0.3) is 0 Å². The predicted molar refractivity (Wildman–Crippen MR) is 116 cm³/mol. The molecular weight excluding hydrogens is 410 g/mol. The molecule has 0 spiro atoms. The van der Waals surface area contributed by atoms with Crippen molar-refractivity contribution in [3.05, 3.63) is 100 Å². The number of hydrogen-bond donors (Lipinski definition) is 0. The van der Waals surface area contributed by atoms with Crippen molar-refractivity contribution in [2.75, 3.05) is 4.90 Å². The van der Waals surface area contributed by atoms with Crippen molar-refractivity contribution >= 4 is 23.3 Å². The van der Waals surface area contributed by atoms with Gasteiger partial charge in [-0.15, -0.1) is 0 Å². The smallest absolute Gasteiger partial charge is 0.335 e. The van der Waals surface area contributed by atoms with Crippen LogP contribution < -0.4 is 9.64 Å². The van der Waals surface area contributed by atoms with Gasteiger partial charge in [0.2, 0.25) is 0 Å². The molecule has 160 valence electrons. The molecule has 1 fully saturated rings. The predicted octanol–water partition coefficient (Wildman–Crippen LogP) is 4.92. The molecule has 32 heavy (non-hydrogen) atoms. The summed E-state index contributed by atoms with van der Waals surface area (Å²) in [5, 5.41) is 11.2. The average molecular weight is 429 g/mol. The quantitative estimate of drug-likeness (QED) is 0.435. The molecule has 2 atom stereocenters. The molecule has 0 aliphatic carbocycles. The Morgan fingerprint density at radius 1 is 1.06 bits per heavy atom. The van der Waals surface area contributed by atoms with E-state index in [1.165, 1.54) is 34.1 Å². The molecule has 0 saturated carbocycles. The molecule has 0 radical (unpaired) electrons. The van der Waals surface area contributed by atoms with Gasteiger partial charge >= 0.3 is 6.03 Å². The Balaban J connectivity index is 1.66. The number of ether oxygens (including phenoxy) is 1. The number of nitro groups is 1. The molecule has 0 unspecified atom stereocenters. The Kier molecular flexibility index (Phi) is 4.44. The van der Waals surface area contributed by atoms with Crippen molar-refractivity contribution in [1.82, 2.24) is 4.90 Å². The zero-order valence-corrected chi connectivity index (χ0v) is 17.2. The van der Waals surface area contributed by atoms with Crippen molar-refractivity contribution < 1.29 is 19.2 Å². The molecule has 2 aliphatic heterocycles. The summed E-state index contributed by atoms with van der Waals surface area (Å²) in [6.45, 7) is 1.83. The van der Waals surface area contributed by atoms with Gasteiger partial charge < -0.3 is 4.74 Å². The first kappa shape index (κ1) is 19.7. The second kappa shape index (κ2) is 7.19. The fourth-order valence-electron chi connectivity index (χ4n) is 4.49. The Bertz CT molecular complexity index is 1250. The SMILES string of the molecule is C[C@]12C[C@@H](c3ccccc3O1)N(C(=O)c1cccc([N+](=O)[O-])c1)C(=O)N2c1ccccc1. The third-order valence-electron chi connectivity index (χ3n) is 5.90. The summed E-state index contributed by atoms with van der Waals surface area (Å²) in [6, 6.07) is 20.7. The van der Waals surface area contributed by atoms with Crippen LogP contribution in [0.4, 0.5) is 16.2 Å². The normalized spacial score (nSPS) is 21.5. The van der Waals surface area contributed by atoms with Crippen LogP contribution >= 0.6 is 0 Å². The number of anilines is 1. The first-order chi connectivity index (χ1) is 15.4. The maximum atomic E-state index is 13.8. The molecule has 3 aromatic carbocycles. The Morgan fingerprint density at radius 2 is 1.78 bits per heavy atom. The first-order valence-corrected chi connectivity index (χ1v) is 10.1. The number of benzene rings is 3. The highest BCUT2D eigenvalue weighted by Gasteiger charge is 2.55. The summed E-state index contributed by atoms with van der Waals surface area (Å²) >= 11 is 0. The number of non-ortho nitro benzene ring substituents is 1. The van der Waals surface area contributed by atoms with Crippen LogP contribution in [0.2, 0.25) is 0 Å². The highest BCUT2D eigenvalue weighted by Crippen LogP contribution is 2.49. The molecule has 3 aromatic rings. The lowest BCUT2D eigenvalue weighted by Crippen LogP contribution is -2.67. The van der Waals surface area contributed by atoms with Gasteiger partial charge in [-0.2, -0.15) is 0 Å². The van der Waals surface area contributed by atoms with Crippen LogP contribution in [0.5, 0.6) is 5.75 Å². The van der Waals surface area contributed by atoms with Gasteiger partial charge in [0, 0.05) is 35.4 Å². The summed E-state index contributed by atoms with van der Waals surface area (Å²) in [4.78, 5) is 40.7. The van der Waals surface area contributed by atoms with E-state index in [0.29, 0.717) is 17.9 Å². The number of para-hydroxylation sites is 2. The number of imide groups is 1. The van der Waals surface area contributed by atoms with Gasteiger partial charge in [0.1, 0.15) is 5.75 Å². The van der Waals surface area contributed by atoms with Crippen LogP contribution in [0.3, 0.4) is 0 Å². The minimum Gasteiger partial charge on any atom is -0.467 e. The standard InChI is InChI=1S/C24H19N3O5/c1-24-15-20(19-12-5-6-13-21(19)32-24)25(23(29)26(24)17-9-3-2-4-10-17)22(28)16-8-7-11-18(14-16)27(30)31/h2-14,20H,15H2,1H3/t20-,24+/m0/s1. The lowest BCUT2D eigenvalue weighted by molar-refractivity contribution is -0.384. The van der Waals surface area contributed by atoms with E-state index in [1.54, 1.807) is 12.1 Å². The topological polar surface area (TPSA) is 93.0 Å². The van der Waals surface area contributed by atoms with Gasteiger partial charge in [0.05, 0.1) is 11.0 Å². The number of fused-ring (bicyclic) bond motifs is 4. The second-order valence-electron chi connectivity index (χ2n) is 7.97. The molecule has 2 heterocycles. The molecule has 0 N–H and O–H groups in total. The molecule has 1 saturated heterocycles. The highest BCUT2D eigenvalue weighted by atomic mass is 16.6. The third kappa shape index (κ3) is 2.99. The summed E-state index contributed by atoms with van der Waals surface area (Å²) in [7, 11) is 0. The first-order valence-electron chi connectivity index (χ1n) is 10.1. The lowest BCUT2D eigenvalue weighted by atomic mass is 9.88. The largest absolute Gasteiger partial charge is 0.467 e. The zero-order valence-electron chi connectivity index (χ0n) is 17.2. The fourth-order valence-corrected chi connectivity index (χ4v) is 4.49. The van der Waals surface area contributed by atoms with Gasteiger partial charge in [-0.1, -0.05) is 42.5 Å². The molecule has 3 amide bonds. The molecule has 8 heteroatoms. The maximum absolute atomic E-state index is 13.8. The molecule has 2 aliphatic rings. The van der Waals surface area contributed by atoms with E-state index in [9.17, 15) is 19.7 Å². The Labute approximate surface area is 183 Å². The number of carbonyl (C=O) groups is 2. The number of hydrogen-bond acceptors (Lipinski definition) is 5. The van der Waals surface area contributed by atoms with Crippen LogP contribution in [0.15, 0.2) is 78.9 Å². The monoisotopic (exact) mass is 429 g/mol. The van der Waals surface area contributed by atoms with E-state index in [-0.39, 0.29) is 11.3 Å². The van der Waals surface area contributed by atoms with Crippen LogP contribution in [-0.2, 0) is 0 Å². The minimum atomic E-state index is -1.00. The summed E-state index contributed by atoms with van der Waals surface area (Å²) < 4.78 is 6.29. The summed E-state index contributed by atoms with van der Waals surface area (Å²) in [5.41, 5.74) is 0.182. The van der Waals surface area contributed by atoms with Crippen LogP contribution in [0, 0.1) is 10.1 Å². The molecule has 5 rings (SSSR count). The fraction of sp³-hybridized carbons (Fsp3) is 0.167. The number of urea groups is 1. The minimum absolute atomic E-state index is 0.0770. The third-order valence-corrected chi connectivity index (χ3v) is 5.90. The van der Waals surface area contributed by atoms with E-state index in [4.69, 9.17) is 4.74 Å². The molecular formula is C24H19N3O5. The van der Waals surface area contributed by atoms with Gasteiger partial charge in [-0.05, 0) is 31.2 Å². The molecule has 0 aromatic heterocycles. The van der Waals surface area contributed by atoms with Gasteiger partial charge in [-0.3, -0.25) is 24.7 Å². The second-order valence-corrected chi connectivity index (χ2v) is 7.97. The number of carbonyl (C=O) groups excluding carboxylic acids is 2.